The van der Waals surface area contributed by atoms with Crippen molar-refractivity contribution in [1.29, 1.82) is 0 Å². The van der Waals surface area contributed by atoms with Gasteiger partial charge in [-0.05, 0) is 25.3 Å². The maximum atomic E-state index is 12.2. The largest absolute Gasteiger partial charge is 0.367 e. The molecule has 1 saturated heterocycles. The van der Waals surface area contributed by atoms with Crippen LogP contribution in [0.4, 0.5) is 0 Å². The predicted octanol–water partition coefficient (Wildman–Crippen LogP) is 1.10. The van der Waals surface area contributed by atoms with Crippen molar-refractivity contribution >= 4 is 11.8 Å². The third-order valence-electron chi connectivity index (χ3n) is 3.87. The highest BCUT2D eigenvalue weighted by molar-refractivity contribution is 5.94. The van der Waals surface area contributed by atoms with E-state index in [1.54, 1.807) is 18.5 Å². The summed E-state index contributed by atoms with van der Waals surface area (Å²) in [5, 5.41) is 0. The molecule has 1 aromatic rings. The van der Waals surface area contributed by atoms with Gasteiger partial charge in [0.2, 0.25) is 5.91 Å². The molecule has 5 heteroatoms. The molecule has 2 fully saturated rings. The molecule has 0 aromatic carbocycles. The Labute approximate surface area is 112 Å². The Kier molecular flexibility index (Phi) is 3.27. The van der Waals surface area contributed by atoms with Crippen molar-refractivity contribution in [3.63, 3.8) is 0 Å². The number of carbonyl (C=O) groups excluding carboxylic acids is 2. The molecule has 2 amide bonds. The molecule has 19 heavy (non-hydrogen) atoms. The van der Waals surface area contributed by atoms with E-state index in [-0.39, 0.29) is 17.7 Å². The first-order valence-corrected chi connectivity index (χ1v) is 6.96. The van der Waals surface area contributed by atoms with Crippen molar-refractivity contribution in [2.75, 3.05) is 26.2 Å². The lowest BCUT2D eigenvalue weighted by Gasteiger charge is -2.22. The normalized spacial score (nSPS) is 20.2. The third kappa shape index (κ3) is 2.64. The monoisotopic (exact) mass is 261 g/mol. The SMILES string of the molecule is O=C(c1cc[nH]c1)N1CCCN(C(=O)C2CC2)CC1. The van der Waals surface area contributed by atoms with Gasteiger partial charge >= 0.3 is 0 Å². The lowest BCUT2D eigenvalue weighted by molar-refractivity contribution is -0.132. The number of nitrogens with one attached hydrogen (secondary N) is 1. The maximum Gasteiger partial charge on any atom is 0.255 e. The van der Waals surface area contributed by atoms with Gasteiger partial charge < -0.3 is 14.8 Å². The fourth-order valence-corrected chi connectivity index (χ4v) is 2.57. The van der Waals surface area contributed by atoms with E-state index in [1.807, 2.05) is 9.80 Å². The van der Waals surface area contributed by atoms with Crippen LogP contribution in [0.3, 0.4) is 0 Å². The Morgan fingerprint density at radius 2 is 1.84 bits per heavy atom. The van der Waals surface area contributed by atoms with Crippen LogP contribution in [0.5, 0.6) is 0 Å². The number of H-pyrrole nitrogens is 1. The molecule has 1 saturated carbocycles. The van der Waals surface area contributed by atoms with Gasteiger partial charge in [0, 0.05) is 44.5 Å². The maximum absolute atomic E-state index is 12.2. The number of amides is 2. The lowest BCUT2D eigenvalue weighted by atomic mass is 10.3. The van der Waals surface area contributed by atoms with Gasteiger partial charge in [-0.2, -0.15) is 0 Å². The van der Waals surface area contributed by atoms with Gasteiger partial charge in [0.25, 0.3) is 5.91 Å². The minimum atomic E-state index is 0.0574. The number of hydrogen-bond donors (Lipinski definition) is 1. The zero-order valence-corrected chi connectivity index (χ0v) is 11.0. The first kappa shape index (κ1) is 12.3. The summed E-state index contributed by atoms with van der Waals surface area (Å²) in [6.45, 7) is 2.83. The van der Waals surface area contributed by atoms with Crippen LogP contribution in [0.2, 0.25) is 0 Å². The minimum Gasteiger partial charge on any atom is -0.367 e. The predicted molar refractivity (Wildman–Crippen MR) is 70.6 cm³/mol. The molecule has 1 aliphatic carbocycles. The molecule has 0 unspecified atom stereocenters. The van der Waals surface area contributed by atoms with Crippen LogP contribution < -0.4 is 0 Å². The van der Waals surface area contributed by atoms with E-state index in [9.17, 15) is 9.59 Å². The van der Waals surface area contributed by atoms with Crippen LogP contribution in [0.1, 0.15) is 29.6 Å². The summed E-state index contributed by atoms with van der Waals surface area (Å²) in [5.74, 6) is 0.616. The smallest absolute Gasteiger partial charge is 0.255 e. The number of nitrogens with zero attached hydrogens (tertiary/aromatic N) is 2. The van der Waals surface area contributed by atoms with Gasteiger partial charge in [0.1, 0.15) is 0 Å². The fourth-order valence-electron chi connectivity index (χ4n) is 2.57. The highest BCUT2D eigenvalue weighted by Gasteiger charge is 2.34. The highest BCUT2D eigenvalue weighted by Crippen LogP contribution is 2.31. The first-order valence-electron chi connectivity index (χ1n) is 6.96. The molecule has 102 valence electrons. The molecule has 2 heterocycles. The van der Waals surface area contributed by atoms with Crippen LogP contribution in [-0.4, -0.2) is 52.8 Å². The van der Waals surface area contributed by atoms with Crippen LogP contribution in [0, 0.1) is 5.92 Å². The molecule has 3 rings (SSSR count). The minimum absolute atomic E-state index is 0.0574. The van der Waals surface area contributed by atoms with Gasteiger partial charge in [-0.3, -0.25) is 9.59 Å². The van der Waals surface area contributed by atoms with E-state index in [0.29, 0.717) is 18.7 Å². The molecular formula is C14H19N3O2. The van der Waals surface area contributed by atoms with Gasteiger partial charge in [-0.1, -0.05) is 0 Å². The Morgan fingerprint density at radius 3 is 2.53 bits per heavy atom. The second-order valence-electron chi connectivity index (χ2n) is 5.34. The fraction of sp³-hybridized carbons (Fsp3) is 0.571. The summed E-state index contributed by atoms with van der Waals surface area (Å²) in [7, 11) is 0. The molecular weight excluding hydrogens is 242 g/mol. The molecule has 1 aromatic heterocycles. The van der Waals surface area contributed by atoms with E-state index in [1.165, 1.54) is 0 Å². The Bertz CT molecular complexity index is 465. The van der Waals surface area contributed by atoms with Crippen molar-refractivity contribution in [1.82, 2.24) is 14.8 Å². The average Bonchev–Trinajstić information content (AvgIpc) is 3.18. The summed E-state index contributed by atoms with van der Waals surface area (Å²) in [6, 6.07) is 1.79. The molecule has 0 bridgehead atoms. The van der Waals surface area contributed by atoms with Crippen LogP contribution >= 0.6 is 0 Å². The third-order valence-corrected chi connectivity index (χ3v) is 3.87. The lowest BCUT2D eigenvalue weighted by Crippen LogP contribution is -2.37. The van der Waals surface area contributed by atoms with Crippen molar-refractivity contribution in [3.05, 3.63) is 24.0 Å². The first-order chi connectivity index (χ1) is 9.25. The Hall–Kier alpha value is -1.78. The van der Waals surface area contributed by atoms with Gasteiger partial charge in [0.05, 0.1) is 5.56 Å². The number of aromatic amines is 1. The summed E-state index contributed by atoms with van der Waals surface area (Å²) in [5.41, 5.74) is 0.696. The molecule has 0 atom stereocenters. The van der Waals surface area contributed by atoms with Crippen molar-refractivity contribution in [2.45, 2.75) is 19.3 Å². The zero-order valence-electron chi connectivity index (χ0n) is 11.0. The van der Waals surface area contributed by atoms with E-state index < -0.39 is 0 Å². The number of hydrogen-bond acceptors (Lipinski definition) is 2. The number of rotatable bonds is 2. The summed E-state index contributed by atoms with van der Waals surface area (Å²) >= 11 is 0. The van der Waals surface area contributed by atoms with E-state index in [2.05, 4.69) is 4.98 Å². The van der Waals surface area contributed by atoms with Gasteiger partial charge in [-0.25, -0.2) is 0 Å². The van der Waals surface area contributed by atoms with Crippen LogP contribution in [0.25, 0.3) is 0 Å². The van der Waals surface area contributed by atoms with E-state index in [0.717, 1.165) is 32.4 Å². The Balaban J connectivity index is 1.61. The molecule has 0 radical (unpaired) electrons. The average molecular weight is 261 g/mol. The molecule has 5 nitrogen and oxygen atoms in total. The second kappa shape index (κ2) is 5.07. The van der Waals surface area contributed by atoms with E-state index in [4.69, 9.17) is 0 Å². The van der Waals surface area contributed by atoms with Crippen LogP contribution in [-0.2, 0) is 4.79 Å². The Morgan fingerprint density at radius 1 is 1.11 bits per heavy atom. The second-order valence-corrected chi connectivity index (χ2v) is 5.34. The summed E-state index contributed by atoms with van der Waals surface area (Å²) < 4.78 is 0. The van der Waals surface area contributed by atoms with Crippen molar-refractivity contribution in [3.8, 4) is 0 Å². The number of carbonyl (C=O) groups is 2. The van der Waals surface area contributed by atoms with Crippen molar-refractivity contribution < 1.29 is 9.59 Å². The highest BCUT2D eigenvalue weighted by atomic mass is 16.2. The molecule has 1 aliphatic heterocycles. The van der Waals surface area contributed by atoms with Gasteiger partial charge in [-0.15, -0.1) is 0 Å². The van der Waals surface area contributed by atoms with Crippen LogP contribution in [0.15, 0.2) is 18.5 Å². The summed E-state index contributed by atoms with van der Waals surface area (Å²) in [4.78, 5) is 31.0. The molecule has 0 spiro atoms. The topological polar surface area (TPSA) is 56.4 Å². The standard InChI is InChI=1S/C14H19N3O2/c18-13(11-2-3-11)16-6-1-7-17(9-8-16)14(19)12-4-5-15-10-12/h4-5,10-11,15H,1-3,6-9H2. The zero-order chi connectivity index (χ0) is 13.2. The van der Waals surface area contributed by atoms with Crippen molar-refractivity contribution in [2.24, 2.45) is 5.92 Å². The summed E-state index contributed by atoms with van der Waals surface area (Å²) in [6.07, 6.45) is 6.44. The molecule has 2 aliphatic rings. The molecule has 1 N–H and O–H groups in total. The van der Waals surface area contributed by atoms with Gasteiger partial charge in [0.15, 0.2) is 0 Å². The quantitative estimate of drug-likeness (QED) is 0.866. The number of aromatic nitrogens is 1. The van der Waals surface area contributed by atoms with E-state index >= 15 is 0 Å².